The predicted octanol–water partition coefficient (Wildman–Crippen LogP) is 3.57. The fourth-order valence-electron chi connectivity index (χ4n) is 3.41. The molecule has 3 rings (SSSR count). The van der Waals surface area contributed by atoms with Crippen molar-refractivity contribution in [2.24, 2.45) is 11.8 Å². The molecule has 0 saturated heterocycles. The number of hydrogen-bond acceptors (Lipinski definition) is 3. The maximum absolute atomic E-state index is 4.69. The zero-order valence-corrected chi connectivity index (χ0v) is 11.7. The fraction of sp³-hybridized carbons (Fsp3) is 0.692. The maximum Gasteiger partial charge on any atom is 0.144 e. The van der Waals surface area contributed by atoms with Crippen LogP contribution in [0.5, 0.6) is 0 Å². The lowest BCUT2D eigenvalue weighted by Gasteiger charge is -2.20. The summed E-state index contributed by atoms with van der Waals surface area (Å²) in [5.41, 5.74) is 0. The monoisotopic (exact) mass is 295 g/mol. The van der Waals surface area contributed by atoms with Crippen LogP contribution in [0.3, 0.4) is 0 Å². The third kappa shape index (κ3) is 2.07. The van der Waals surface area contributed by atoms with Gasteiger partial charge in [-0.1, -0.05) is 6.42 Å². The zero-order chi connectivity index (χ0) is 11.8. The summed E-state index contributed by atoms with van der Waals surface area (Å²) < 4.78 is 0.964. The molecule has 17 heavy (non-hydrogen) atoms. The van der Waals surface area contributed by atoms with Crippen molar-refractivity contribution in [3.63, 3.8) is 0 Å². The topological polar surface area (TPSA) is 37.8 Å². The van der Waals surface area contributed by atoms with E-state index in [2.05, 4.69) is 33.2 Å². The number of rotatable bonds is 3. The molecule has 3 nitrogen and oxygen atoms in total. The number of fused-ring (bicyclic) bond motifs is 2. The summed E-state index contributed by atoms with van der Waals surface area (Å²) in [6.45, 7) is 2.98. The quantitative estimate of drug-likeness (QED) is 0.926. The Morgan fingerprint density at radius 1 is 1.41 bits per heavy atom. The van der Waals surface area contributed by atoms with Gasteiger partial charge in [0.25, 0.3) is 0 Å². The number of nitrogens with one attached hydrogen (secondary N) is 1. The van der Waals surface area contributed by atoms with E-state index in [0.29, 0.717) is 5.92 Å². The smallest absolute Gasteiger partial charge is 0.144 e. The maximum atomic E-state index is 4.69. The summed E-state index contributed by atoms with van der Waals surface area (Å²) in [7, 11) is 0. The molecule has 1 heterocycles. The van der Waals surface area contributed by atoms with Gasteiger partial charge >= 0.3 is 0 Å². The van der Waals surface area contributed by atoms with Gasteiger partial charge in [-0.25, -0.2) is 9.97 Å². The first-order valence-corrected chi connectivity index (χ1v) is 7.33. The van der Waals surface area contributed by atoms with Crippen molar-refractivity contribution in [2.45, 2.75) is 38.5 Å². The standard InChI is InChI=1S/C13H18BrN3/c1-2-15-13-11(14)7-16-12(17-13)10-6-8-3-4-9(10)5-8/h7-10H,2-6H2,1H3,(H,15,16,17). The van der Waals surface area contributed by atoms with E-state index in [-0.39, 0.29) is 0 Å². The molecule has 2 bridgehead atoms. The molecule has 4 heteroatoms. The molecule has 0 radical (unpaired) electrons. The Bertz CT molecular complexity index is 421. The molecule has 0 amide bonds. The molecule has 3 unspecified atom stereocenters. The lowest BCUT2D eigenvalue weighted by Crippen LogP contribution is -2.13. The third-order valence-electron chi connectivity index (χ3n) is 4.18. The van der Waals surface area contributed by atoms with Gasteiger partial charge in [0.05, 0.1) is 4.47 Å². The number of halogens is 1. The van der Waals surface area contributed by atoms with Gasteiger partial charge in [0.15, 0.2) is 0 Å². The molecule has 92 valence electrons. The van der Waals surface area contributed by atoms with E-state index < -0.39 is 0 Å². The van der Waals surface area contributed by atoms with Crippen LogP contribution in [-0.4, -0.2) is 16.5 Å². The lowest BCUT2D eigenvalue weighted by atomic mass is 9.88. The van der Waals surface area contributed by atoms with E-state index in [9.17, 15) is 0 Å². The van der Waals surface area contributed by atoms with Crippen molar-refractivity contribution >= 4 is 21.7 Å². The summed E-state index contributed by atoms with van der Waals surface area (Å²) in [6, 6.07) is 0. The molecule has 0 aromatic carbocycles. The zero-order valence-electron chi connectivity index (χ0n) is 10.1. The second kappa shape index (κ2) is 4.56. The Kier molecular flexibility index (Phi) is 3.07. The van der Waals surface area contributed by atoms with E-state index in [1.54, 1.807) is 0 Å². The Morgan fingerprint density at radius 3 is 2.94 bits per heavy atom. The van der Waals surface area contributed by atoms with Crippen LogP contribution in [0.4, 0.5) is 5.82 Å². The van der Waals surface area contributed by atoms with Crippen molar-refractivity contribution < 1.29 is 0 Å². The van der Waals surface area contributed by atoms with Crippen molar-refractivity contribution in [3.05, 3.63) is 16.5 Å². The number of anilines is 1. The molecular weight excluding hydrogens is 278 g/mol. The van der Waals surface area contributed by atoms with Gasteiger partial charge in [0, 0.05) is 18.7 Å². The molecule has 3 atom stereocenters. The van der Waals surface area contributed by atoms with E-state index in [4.69, 9.17) is 4.98 Å². The molecule has 0 spiro atoms. The van der Waals surface area contributed by atoms with Crippen LogP contribution in [0.15, 0.2) is 10.7 Å². The van der Waals surface area contributed by atoms with Gasteiger partial charge < -0.3 is 5.32 Å². The SMILES string of the molecule is CCNc1nc(C2CC3CCC2C3)ncc1Br. The van der Waals surface area contributed by atoms with Crippen molar-refractivity contribution in [1.82, 2.24) is 9.97 Å². The van der Waals surface area contributed by atoms with Crippen molar-refractivity contribution in [1.29, 1.82) is 0 Å². The Hall–Kier alpha value is -0.640. The Balaban J connectivity index is 1.85. The number of hydrogen-bond donors (Lipinski definition) is 1. The van der Waals surface area contributed by atoms with Crippen LogP contribution in [-0.2, 0) is 0 Å². The molecule has 1 N–H and O–H groups in total. The third-order valence-corrected chi connectivity index (χ3v) is 4.76. The highest BCUT2D eigenvalue weighted by atomic mass is 79.9. The summed E-state index contributed by atoms with van der Waals surface area (Å²) in [5.74, 6) is 4.39. The summed E-state index contributed by atoms with van der Waals surface area (Å²) in [4.78, 5) is 9.22. The van der Waals surface area contributed by atoms with Crippen LogP contribution in [0.25, 0.3) is 0 Å². The van der Waals surface area contributed by atoms with Gasteiger partial charge in [-0.05, 0) is 54.0 Å². The van der Waals surface area contributed by atoms with Crippen molar-refractivity contribution in [2.75, 3.05) is 11.9 Å². The minimum atomic E-state index is 0.610. The van der Waals surface area contributed by atoms with Crippen molar-refractivity contribution in [3.8, 4) is 0 Å². The highest BCUT2D eigenvalue weighted by Gasteiger charge is 2.41. The van der Waals surface area contributed by atoms with Crippen LogP contribution in [0.2, 0.25) is 0 Å². The van der Waals surface area contributed by atoms with Crippen LogP contribution in [0.1, 0.15) is 44.3 Å². The Labute approximate surface area is 111 Å². The Morgan fingerprint density at radius 2 is 2.29 bits per heavy atom. The van der Waals surface area contributed by atoms with Gasteiger partial charge in [0.1, 0.15) is 11.6 Å². The van der Waals surface area contributed by atoms with E-state index in [1.807, 2.05) is 6.20 Å². The minimum absolute atomic E-state index is 0.610. The summed E-state index contributed by atoms with van der Waals surface area (Å²) in [6.07, 6.45) is 7.41. The van der Waals surface area contributed by atoms with Gasteiger partial charge in [0.2, 0.25) is 0 Å². The van der Waals surface area contributed by atoms with Gasteiger partial charge in [-0.15, -0.1) is 0 Å². The average Bonchev–Trinajstić information content (AvgIpc) is 2.94. The second-order valence-electron chi connectivity index (χ2n) is 5.24. The predicted molar refractivity (Wildman–Crippen MR) is 72.1 cm³/mol. The van der Waals surface area contributed by atoms with Crippen LogP contribution < -0.4 is 5.32 Å². The molecule has 1 aromatic rings. The van der Waals surface area contributed by atoms with Crippen LogP contribution in [0, 0.1) is 11.8 Å². The molecule has 2 aliphatic rings. The molecule has 2 fully saturated rings. The highest BCUT2D eigenvalue weighted by Crippen LogP contribution is 2.52. The van der Waals surface area contributed by atoms with E-state index in [1.165, 1.54) is 25.7 Å². The summed E-state index contributed by atoms with van der Waals surface area (Å²) >= 11 is 3.49. The molecule has 1 aromatic heterocycles. The minimum Gasteiger partial charge on any atom is -0.369 e. The summed E-state index contributed by atoms with van der Waals surface area (Å²) in [5, 5.41) is 3.29. The lowest BCUT2D eigenvalue weighted by molar-refractivity contribution is 0.405. The number of aromatic nitrogens is 2. The first kappa shape index (κ1) is 11.5. The fourth-order valence-corrected chi connectivity index (χ4v) is 3.74. The first-order valence-electron chi connectivity index (χ1n) is 6.54. The molecule has 2 saturated carbocycles. The molecular formula is C13H18BrN3. The van der Waals surface area contributed by atoms with E-state index in [0.717, 1.165) is 34.5 Å². The average molecular weight is 296 g/mol. The first-order chi connectivity index (χ1) is 8.28. The molecule has 0 aliphatic heterocycles. The molecule has 2 aliphatic carbocycles. The van der Waals surface area contributed by atoms with E-state index >= 15 is 0 Å². The highest BCUT2D eigenvalue weighted by molar-refractivity contribution is 9.10. The second-order valence-corrected chi connectivity index (χ2v) is 6.09. The largest absolute Gasteiger partial charge is 0.369 e. The van der Waals surface area contributed by atoms with Gasteiger partial charge in [-0.2, -0.15) is 0 Å². The normalized spacial score (nSPS) is 30.8. The van der Waals surface area contributed by atoms with Gasteiger partial charge in [-0.3, -0.25) is 0 Å². The number of nitrogens with zero attached hydrogens (tertiary/aromatic N) is 2. The van der Waals surface area contributed by atoms with Crippen LogP contribution >= 0.6 is 15.9 Å².